The summed E-state index contributed by atoms with van der Waals surface area (Å²) in [5.74, 6) is 0. The van der Waals surface area contributed by atoms with E-state index in [9.17, 15) is 14.9 Å². The normalized spacial score (nSPS) is 12.3. The number of carbonyl (C=O) groups excluding carboxylic acids is 1. The Morgan fingerprint density at radius 1 is 1.19 bits per heavy atom. The van der Waals surface area contributed by atoms with Crippen molar-refractivity contribution in [2.75, 3.05) is 17.2 Å². The second kappa shape index (κ2) is 7.86. The number of carbonyl (C=O) groups is 1. The van der Waals surface area contributed by atoms with Crippen LogP contribution >= 0.6 is 0 Å². The fraction of sp³-hybridized carbons (Fsp3) is 0.316. The highest BCUT2D eigenvalue weighted by Crippen LogP contribution is 2.27. The number of nitrogens with zero attached hydrogens (tertiary/aromatic N) is 1. The standard InChI is InChI=1S/C19H21N3O4/c1-2-26-19(23)21-17-9-6-13(10-18(17)22(24)25)12-20-16-8-7-14-4-3-5-15(14)11-16/h6-11,20H,2-5,12H2,1H3,(H,21,23). The Morgan fingerprint density at radius 2 is 2.00 bits per heavy atom. The Morgan fingerprint density at radius 3 is 2.77 bits per heavy atom. The van der Waals surface area contributed by atoms with Gasteiger partial charge in [-0.05, 0) is 61.1 Å². The van der Waals surface area contributed by atoms with E-state index in [1.807, 2.05) is 6.07 Å². The fourth-order valence-corrected chi connectivity index (χ4v) is 3.11. The van der Waals surface area contributed by atoms with Gasteiger partial charge < -0.3 is 10.1 Å². The molecular weight excluding hydrogens is 334 g/mol. The highest BCUT2D eigenvalue weighted by molar-refractivity contribution is 5.87. The van der Waals surface area contributed by atoms with Crippen LogP contribution in [0.3, 0.4) is 0 Å². The molecule has 26 heavy (non-hydrogen) atoms. The summed E-state index contributed by atoms with van der Waals surface area (Å²) >= 11 is 0. The Kier molecular flexibility index (Phi) is 5.36. The third kappa shape index (κ3) is 4.11. The molecule has 0 heterocycles. The topological polar surface area (TPSA) is 93.5 Å². The summed E-state index contributed by atoms with van der Waals surface area (Å²) < 4.78 is 4.77. The lowest BCUT2D eigenvalue weighted by molar-refractivity contribution is -0.384. The van der Waals surface area contributed by atoms with Crippen LogP contribution in [0.15, 0.2) is 36.4 Å². The van der Waals surface area contributed by atoms with E-state index >= 15 is 0 Å². The molecule has 1 aliphatic rings. The lowest BCUT2D eigenvalue weighted by Gasteiger charge is -2.10. The number of rotatable bonds is 6. The summed E-state index contributed by atoms with van der Waals surface area (Å²) in [5.41, 5.74) is 4.49. The van der Waals surface area contributed by atoms with Crippen LogP contribution in [0.2, 0.25) is 0 Å². The van der Waals surface area contributed by atoms with Crippen molar-refractivity contribution in [2.24, 2.45) is 0 Å². The van der Waals surface area contributed by atoms with Crippen LogP contribution in [0, 0.1) is 10.1 Å². The zero-order valence-electron chi connectivity index (χ0n) is 14.6. The zero-order valence-corrected chi connectivity index (χ0v) is 14.6. The molecule has 3 rings (SSSR count). The third-order valence-electron chi connectivity index (χ3n) is 4.37. The van der Waals surface area contributed by atoms with Crippen LogP contribution in [-0.2, 0) is 24.1 Å². The van der Waals surface area contributed by atoms with Crippen LogP contribution in [0.1, 0.15) is 30.0 Å². The first-order chi connectivity index (χ1) is 12.6. The molecule has 0 radical (unpaired) electrons. The van der Waals surface area contributed by atoms with Gasteiger partial charge in [-0.25, -0.2) is 4.79 Å². The van der Waals surface area contributed by atoms with Crippen molar-refractivity contribution in [3.8, 4) is 0 Å². The first kappa shape index (κ1) is 17.7. The third-order valence-corrected chi connectivity index (χ3v) is 4.37. The summed E-state index contributed by atoms with van der Waals surface area (Å²) in [4.78, 5) is 22.3. The van der Waals surface area contributed by atoms with E-state index in [1.165, 1.54) is 29.7 Å². The number of nitro benzene ring substituents is 1. The van der Waals surface area contributed by atoms with E-state index in [0.717, 1.165) is 24.1 Å². The Labute approximate surface area is 151 Å². The van der Waals surface area contributed by atoms with Crippen LogP contribution in [0.25, 0.3) is 0 Å². The molecule has 0 atom stereocenters. The van der Waals surface area contributed by atoms with Crippen LogP contribution in [0.4, 0.5) is 21.9 Å². The van der Waals surface area contributed by atoms with E-state index in [-0.39, 0.29) is 18.0 Å². The number of amides is 1. The highest BCUT2D eigenvalue weighted by Gasteiger charge is 2.17. The predicted molar refractivity (Wildman–Crippen MR) is 99.5 cm³/mol. The number of hydrogen-bond donors (Lipinski definition) is 2. The quantitative estimate of drug-likeness (QED) is 0.596. The van der Waals surface area contributed by atoms with Crippen LogP contribution < -0.4 is 10.6 Å². The molecule has 0 unspecified atom stereocenters. The van der Waals surface area contributed by atoms with Gasteiger partial charge >= 0.3 is 6.09 Å². The molecule has 0 spiro atoms. The monoisotopic (exact) mass is 355 g/mol. The van der Waals surface area contributed by atoms with Gasteiger partial charge in [0.15, 0.2) is 0 Å². The lowest BCUT2D eigenvalue weighted by atomic mass is 10.1. The number of benzene rings is 2. The summed E-state index contributed by atoms with van der Waals surface area (Å²) in [6, 6.07) is 11.0. The molecule has 7 heteroatoms. The predicted octanol–water partition coefficient (Wildman–Crippen LogP) is 4.26. The van der Waals surface area contributed by atoms with Crippen molar-refractivity contribution in [1.82, 2.24) is 0 Å². The van der Waals surface area contributed by atoms with Crippen molar-refractivity contribution < 1.29 is 14.5 Å². The largest absolute Gasteiger partial charge is 0.450 e. The maximum absolute atomic E-state index is 11.5. The molecular formula is C19H21N3O4. The number of nitrogens with one attached hydrogen (secondary N) is 2. The SMILES string of the molecule is CCOC(=O)Nc1ccc(CNc2ccc3c(c2)CCC3)cc1[N+](=O)[O-]. The second-order valence-electron chi connectivity index (χ2n) is 6.14. The summed E-state index contributed by atoms with van der Waals surface area (Å²) in [5, 5.41) is 17.0. The van der Waals surface area contributed by atoms with Crippen molar-refractivity contribution in [3.63, 3.8) is 0 Å². The molecule has 136 valence electrons. The van der Waals surface area contributed by atoms with E-state index in [4.69, 9.17) is 4.74 Å². The molecule has 2 aromatic carbocycles. The molecule has 1 amide bonds. The molecule has 2 aromatic rings. The van der Waals surface area contributed by atoms with Gasteiger partial charge in [0, 0.05) is 18.3 Å². The van der Waals surface area contributed by atoms with Gasteiger partial charge in [-0.3, -0.25) is 15.4 Å². The molecule has 0 aromatic heterocycles. The van der Waals surface area contributed by atoms with Crippen LogP contribution in [0.5, 0.6) is 0 Å². The van der Waals surface area contributed by atoms with Crippen LogP contribution in [-0.4, -0.2) is 17.6 Å². The number of hydrogen-bond acceptors (Lipinski definition) is 5. The van der Waals surface area contributed by atoms with Gasteiger partial charge in [-0.1, -0.05) is 12.1 Å². The lowest BCUT2D eigenvalue weighted by Crippen LogP contribution is -2.14. The number of ether oxygens (including phenoxy) is 1. The van der Waals surface area contributed by atoms with Gasteiger partial charge in [0.1, 0.15) is 5.69 Å². The number of aryl methyl sites for hydroxylation is 2. The van der Waals surface area contributed by atoms with E-state index < -0.39 is 11.0 Å². The highest BCUT2D eigenvalue weighted by atomic mass is 16.6. The van der Waals surface area contributed by atoms with Gasteiger partial charge in [-0.2, -0.15) is 0 Å². The fourth-order valence-electron chi connectivity index (χ4n) is 3.11. The van der Waals surface area contributed by atoms with E-state index in [1.54, 1.807) is 13.0 Å². The van der Waals surface area contributed by atoms with Gasteiger partial charge in [0.2, 0.25) is 0 Å². The summed E-state index contributed by atoms with van der Waals surface area (Å²) in [6.07, 6.45) is 2.72. The maximum Gasteiger partial charge on any atom is 0.411 e. The van der Waals surface area contributed by atoms with Crippen molar-refractivity contribution in [1.29, 1.82) is 0 Å². The van der Waals surface area contributed by atoms with Gasteiger partial charge in [-0.15, -0.1) is 0 Å². The first-order valence-electron chi connectivity index (χ1n) is 8.63. The second-order valence-corrected chi connectivity index (χ2v) is 6.14. The van der Waals surface area contributed by atoms with E-state index in [2.05, 4.69) is 22.8 Å². The summed E-state index contributed by atoms with van der Waals surface area (Å²) in [7, 11) is 0. The van der Waals surface area contributed by atoms with Crippen molar-refractivity contribution in [3.05, 3.63) is 63.2 Å². The molecule has 0 bridgehead atoms. The zero-order chi connectivity index (χ0) is 18.5. The Balaban J connectivity index is 1.71. The number of fused-ring (bicyclic) bond motifs is 1. The maximum atomic E-state index is 11.5. The van der Waals surface area contributed by atoms with E-state index in [0.29, 0.717) is 6.54 Å². The average Bonchev–Trinajstić information content (AvgIpc) is 3.08. The number of anilines is 2. The smallest absolute Gasteiger partial charge is 0.411 e. The Bertz CT molecular complexity index is 836. The molecule has 0 aliphatic heterocycles. The van der Waals surface area contributed by atoms with Crippen molar-refractivity contribution >= 4 is 23.2 Å². The molecule has 0 saturated heterocycles. The average molecular weight is 355 g/mol. The molecule has 0 saturated carbocycles. The minimum atomic E-state index is -0.709. The minimum Gasteiger partial charge on any atom is -0.450 e. The first-order valence-corrected chi connectivity index (χ1v) is 8.63. The van der Waals surface area contributed by atoms with Crippen molar-refractivity contribution in [2.45, 2.75) is 32.7 Å². The minimum absolute atomic E-state index is 0.120. The summed E-state index contributed by atoms with van der Waals surface area (Å²) in [6.45, 7) is 2.32. The Hall–Kier alpha value is -3.09. The number of nitro groups is 1. The van der Waals surface area contributed by atoms with Gasteiger partial charge in [0.25, 0.3) is 5.69 Å². The molecule has 0 fully saturated rings. The molecule has 7 nitrogen and oxygen atoms in total. The molecule has 2 N–H and O–H groups in total. The molecule has 1 aliphatic carbocycles. The van der Waals surface area contributed by atoms with Gasteiger partial charge in [0.05, 0.1) is 11.5 Å².